The van der Waals surface area contributed by atoms with Crippen LogP contribution in [-0.2, 0) is 57.8 Å². The highest BCUT2D eigenvalue weighted by atomic mass is 32.1. The van der Waals surface area contributed by atoms with Crippen LogP contribution < -0.4 is 20.4 Å². The van der Waals surface area contributed by atoms with Gasteiger partial charge in [0.05, 0.1) is 78.4 Å². The zero-order valence-corrected chi connectivity index (χ0v) is 39.9. The van der Waals surface area contributed by atoms with Gasteiger partial charge in [0.1, 0.15) is 34.0 Å². The number of aliphatic imine (C=N–C) groups is 2. The van der Waals surface area contributed by atoms with Gasteiger partial charge >= 0.3 is 5.97 Å². The number of aromatic nitrogens is 4. The van der Waals surface area contributed by atoms with E-state index in [0.29, 0.717) is 32.8 Å². The summed E-state index contributed by atoms with van der Waals surface area (Å²) in [7, 11) is 8.19. The van der Waals surface area contributed by atoms with Crippen LogP contribution in [0.1, 0.15) is 69.8 Å². The Hall–Kier alpha value is -6.04. The molecule has 17 heteroatoms. The van der Waals surface area contributed by atoms with E-state index in [1.54, 1.807) is 35.3 Å². The molecule has 2 aliphatic carbocycles. The van der Waals surface area contributed by atoms with Gasteiger partial charge in [0.15, 0.2) is 0 Å². The number of ether oxygens (including phenoxy) is 2. The third kappa shape index (κ3) is 8.36. The first-order chi connectivity index (χ1) is 32.0. The predicted molar refractivity (Wildman–Crippen MR) is 265 cm³/mol. The monoisotopic (exact) mass is 925 g/mol. The molecule has 66 heavy (non-hydrogen) atoms. The number of hydrogen-bond donors (Lipinski definition) is 2. The summed E-state index contributed by atoms with van der Waals surface area (Å²) in [6.07, 6.45) is 11.9. The molecule has 5 aliphatic rings. The van der Waals surface area contributed by atoms with Crippen molar-refractivity contribution in [2.75, 3.05) is 75.0 Å². The Morgan fingerprint density at radius 2 is 1.30 bits per heavy atom. The lowest BCUT2D eigenvalue weighted by atomic mass is 9.86. The van der Waals surface area contributed by atoms with E-state index in [4.69, 9.17) is 9.47 Å². The molecular formula is C49H55N11O4S2. The van der Waals surface area contributed by atoms with E-state index in [1.165, 1.54) is 32.0 Å². The SMILES string of the molecule is CCOC(=O)[C@H]1CCc2c(sc3ncnc(Nc4cc5c(cc4N(C)C)CN=C5)c23)C1.C[C@H]1COCCN1C(=O)[C@H]1CCc2c(sc3ncnc(Nc4cc5c(cc4N(C)C)CN=C5)c23)C1. The lowest BCUT2D eigenvalue weighted by Gasteiger charge is -2.36. The van der Waals surface area contributed by atoms with Crippen molar-refractivity contribution in [1.82, 2.24) is 24.8 Å². The Bertz CT molecular complexity index is 2920. The van der Waals surface area contributed by atoms with Crippen molar-refractivity contribution >= 4 is 102 Å². The molecule has 6 aromatic rings. The van der Waals surface area contributed by atoms with Crippen molar-refractivity contribution in [3.05, 3.63) is 80.1 Å². The highest BCUT2D eigenvalue weighted by molar-refractivity contribution is 7.19. The number of thiophene rings is 2. The number of esters is 1. The molecule has 2 aromatic carbocycles. The van der Waals surface area contributed by atoms with Crippen LogP contribution in [0.4, 0.5) is 34.4 Å². The molecule has 0 radical (unpaired) electrons. The number of hydrogen-bond acceptors (Lipinski definition) is 16. The maximum absolute atomic E-state index is 13.3. The fraction of sp³-hybridized carbons (Fsp3) is 0.429. The standard InChI is InChI=1S/C26H30N6O2S.C23H25N5O2S/c1-15-13-34-7-6-32(15)26(33)16-4-5-19-22(10-16)35-25-23(19)24(28-14-29-25)30-20-8-17-11-27-12-18(17)9-21(20)31(2)3;1-4-30-23(29)13-5-6-16-19(9-13)31-22-20(16)21(25-12-26-22)27-17-7-14-10-24-11-15(14)8-18(17)28(2)3/h8-9,11,14-16H,4-7,10,12-13H2,1-3H3,(H,28,29,30);7-8,10,12-13H,4-6,9,11H2,1-3H3,(H,25,26,27)/t15-,16-;13-/m00/s1. The number of nitrogens with zero attached hydrogens (tertiary/aromatic N) is 9. The maximum atomic E-state index is 13.3. The average Bonchev–Trinajstić information content (AvgIpc) is 4.13. The Morgan fingerprint density at radius 3 is 1.82 bits per heavy atom. The molecule has 3 aliphatic heterocycles. The van der Waals surface area contributed by atoms with E-state index in [9.17, 15) is 9.59 Å². The summed E-state index contributed by atoms with van der Waals surface area (Å²) in [5.41, 5.74) is 11.5. The van der Waals surface area contributed by atoms with Gasteiger partial charge in [0.2, 0.25) is 5.91 Å². The average molecular weight is 926 g/mol. The molecule has 342 valence electrons. The Kier molecular flexibility index (Phi) is 12.2. The van der Waals surface area contributed by atoms with Gasteiger partial charge in [-0.05, 0) is 110 Å². The molecule has 0 saturated carbocycles. The van der Waals surface area contributed by atoms with E-state index in [1.807, 2.05) is 38.3 Å². The zero-order valence-electron chi connectivity index (χ0n) is 38.3. The van der Waals surface area contributed by atoms with Crippen molar-refractivity contribution < 1.29 is 19.1 Å². The molecule has 11 rings (SSSR count). The van der Waals surface area contributed by atoms with E-state index in [2.05, 4.69) is 95.6 Å². The van der Waals surface area contributed by atoms with E-state index in [0.717, 1.165) is 111 Å². The molecule has 0 spiro atoms. The molecule has 0 unspecified atom stereocenters. The summed E-state index contributed by atoms with van der Waals surface area (Å²) in [5.74, 6) is 1.78. The number of fused-ring (bicyclic) bond motifs is 8. The van der Waals surface area contributed by atoms with Crippen LogP contribution >= 0.6 is 22.7 Å². The van der Waals surface area contributed by atoms with Crippen molar-refractivity contribution in [2.45, 2.75) is 71.5 Å². The van der Waals surface area contributed by atoms with Gasteiger partial charge in [0, 0.05) is 62.8 Å². The summed E-state index contributed by atoms with van der Waals surface area (Å²) in [4.78, 5) is 63.4. The Labute approximate surface area is 392 Å². The summed E-state index contributed by atoms with van der Waals surface area (Å²) in [5, 5.41) is 9.36. The van der Waals surface area contributed by atoms with E-state index in [-0.39, 0.29) is 29.8 Å². The lowest BCUT2D eigenvalue weighted by Crippen LogP contribution is -2.50. The number of aryl methyl sites for hydroxylation is 2. The fourth-order valence-corrected chi connectivity index (χ4v) is 12.4. The molecule has 7 heterocycles. The molecule has 1 fully saturated rings. The quantitative estimate of drug-likeness (QED) is 0.135. The van der Waals surface area contributed by atoms with Crippen molar-refractivity contribution in [2.24, 2.45) is 21.8 Å². The number of carbonyl (C=O) groups is 2. The summed E-state index contributed by atoms with van der Waals surface area (Å²) in [6, 6.07) is 8.84. The smallest absolute Gasteiger partial charge is 0.309 e. The van der Waals surface area contributed by atoms with Crippen LogP contribution in [0.2, 0.25) is 0 Å². The normalized spacial score (nSPS) is 19.1. The summed E-state index contributed by atoms with van der Waals surface area (Å²) in [6.45, 7) is 7.76. The molecule has 4 aromatic heterocycles. The highest BCUT2D eigenvalue weighted by Crippen LogP contribution is 2.44. The van der Waals surface area contributed by atoms with Crippen molar-refractivity contribution in [3.63, 3.8) is 0 Å². The Balaban J connectivity index is 0.000000156. The molecule has 1 amide bonds. The van der Waals surface area contributed by atoms with Crippen molar-refractivity contribution in [3.8, 4) is 0 Å². The van der Waals surface area contributed by atoms with Crippen LogP contribution in [0.25, 0.3) is 20.4 Å². The van der Waals surface area contributed by atoms with Gasteiger partial charge in [-0.2, -0.15) is 0 Å². The van der Waals surface area contributed by atoms with E-state index < -0.39 is 0 Å². The minimum atomic E-state index is -0.0922. The van der Waals surface area contributed by atoms with Crippen molar-refractivity contribution in [1.29, 1.82) is 0 Å². The second-order valence-electron chi connectivity index (χ2n) is 18.0. The molecule has 2 N–H and O–H groups in total. The van der Waals surface area contributed by atoms with Crippen LogP contribution in [0, 0.1) is 11.8 Å². The second-order valence-corrected chi connectivity index (χ2v) is 20.2. The number of carbonyl (C=O) groups excluding carboxylic acids is 2. The van der Waals surface area contributed by atoms with Gasteiger partial charge in [-0.1, -0.05) is 0 Å². The molecular weight excluding hydrogens is 871 g/mol. The third-order valence-electron chi connectivity index (χ3n) is 13.3. The number of nitrogens with one attached hydrogen (secondary N) is 2. The molecule has 0 bridgehead atoms. The zero-order chi connectivity index (χ0) is 45.6. The van der Waals surface area contributed by atoms with Gasteiger partial charge in [0.25, 0.3) is 0 Å². The number of morpholine rings is 1. The third-order valence-corrected chi connectivity index (χ3v) is 15.6. The first kappa shape index (κ1) is 43.8. The summed E-state index contributed by atoms with van der Waals surface area (Å²) >= 11 is 3.37. The molecule has 1 saturated heterocycles. The first-order valence-electron chi connectivity index (χ1n) is 22.8. The van der Waals surface area contributed by atoms with Gasteiger partial charge in [-0.15, -0.1) is 22.7 Å². The number of amides is 1. The van der Waals surface area contributed by atoms with E-state index >= 15 is 0 Å². The molecule has 15 nitrogen and oxygen atoms in total. The minimum Gasteiger partial charge on any atom is -0.466 e. The number of anilines is 6. The molecule has 3 atom stereocenters. The highest BCUT2D eigenvalue weighted by Gasteiger charge is 2.35. The summed E-state index contributed by atoms with van der Waals surface area (Å²) < 4.78 is 10.8. The first-order valence-corrected chi connectivity index (χ1v) is 24.4. The number of rotatable bonds is 9. The van der Waals surface area contributed by atoms with Crippen LogP contribution in [-0.4, -0.2) is 110 Å². The van der Waals surface area contributed by atoms with Crippen LogP contribution in [0.15, 0.2) is 46.9 Å². The fourth-order valence-electron chi connectivity index (χ4n) is 9.86. The minimum absolute atomic E-state index is 0.0248. The second kappa shape index (κ2) is 18.3. The Morgan fingerprint density at radius 1 is 0.773 bits per heavy atom. The predicted octanol–water partition coefficient (Wildman–Crippen LogP) is 7.89. The van der Waals surface area contributed by atoms with Gasteiger partial charge < -0.3 is 34.8 Å². The maximum Gasteiger partial charge on any atom is 0.309 e. The largest absolute Gasteiger partial charge is 0.466 e. The van der Waals surface area contributed by atoms with Gasteiger partial charge in [-0.25, -0.2) is 19.9 Å². The number of benzene rings is 2. The van der Waals surface area contributed by atoms with Crippen LogP contribution in [0.3, 0.4) is 0 Å². The topological polar surface area (TPSA) is 163 Å². The lowest BCUT2D eigenvalue weighted by molar-refractivity contribution is -0.148. The van der Waals surface area contributed by atoms with Gasteiger partial charge in [-0.3, -0.25) is 19.6 Å². The van der Waals surface area contributed by atoms with Crippen LogP contribution in [0.5, 0.6) is 0 Å².